The van der Waals surface area contributed by atoms with Gasteiger partial charge >= 0.3 is 0 Å². The Morgan fingerprint density at radius 3 is 2.88 bits per heavy atom. The van der Waals surface area contributed by atoms with E-state index in [1.165, 1.54) is 18.5 Å². The number of amides is 1. The van der Waals surface area contributed by atoms with Gasteiger partial charge in [-0.15, -0.1) is 0 Å². The standard InChI is InChI=1S/C18H17FN6O/c19-12-3-4-15-16(6-12)20-11-21-18(15)23-8-14(9-23)25-10-13(7-22-25)24-5-1-2-17(24)26/h3-4,6-7,10-11,14H,1-2,5,8-9H2. The number of anilines is 2. The average molecular weight is 352 g/mol. The van der Waals surface area contributed by atoms with Crippen molar-refractivity contribution in [1.82, 2.24) is 19.7 Å². The van der Waals surface area contributed by atoms with Crippen LogP contribution in [0.3, 0.4) is 0 Å². The number of aromatic nitrogens is 4. The molecule has 2 aliphatic heterocycles. The first-order chi connectivity index (χ1) is 12.7. The van der Waals surface area contributed by atoms with Gasteiger partial charge in [-0.3, -0.25) is 9.48 Å². The molecule has 2 aliphatic rings. The van der Waals surface area contributed by atoms with Crippen molar-refractivity contribution in [2.75, 3.05) is 29.4 Å². The van der Waals surface area contributed by atoms with Crippen LogP contribution in [0.15, 0.2) is 36.9 Å². The van der Waals surface area contributed by atoms with E-state index in [-0.39, 0.29) is 17.8 Å². The highest BCUT2D eigenvalue weighted by atomic mass is 19.1. The average Bonchev–Trinajstić information content (AvgIpc) is 3.22. The summed E-state index contributed by atoms with van der Waals surface area (Å²) in [4.78, 5) is 24.3. The van der Waals surface area contributed by atoms with E-state index < -0.39 is 0 Å². The summed E-state index contributed by atoms with van der Waals surface area (Å²) in [5.41, 5.74) is 1.47. The summed E-state index contributed by atoms with van der Waals surface area (Å²) in [5.74, 6) is 0.678. The van der Waals surface area contributed by atoms with Crippen LogP contribution >= 0.6 is 0 Å². The molecule has 8 heteroatoms. The van der Waals surface area contributed by atoms with Gasteiger partial charge in [0.15, 0.2) is 0 Å². The molecule has 0 bridgehead atoms. The van der Waals surface area contributed by atoms with Gasteiger partial charge in [-0.05, 0) is 18.6 Å². The van der Waals surface area contributed by atoms with E-state index in [4.69, 9.17) is 0 Å². The highest BCUT2D eigenvalue weighted by molar-refractivity contribution is 5.95. The minimum absolute atomic E-state index is 0.166. The van der Waals surface area contributed by atoms with Gasteiger partial charge < -0.3 is 9.80 Å². The smallest absolute Gasteiger partial charge is 0.227 e. The van der Waals surface area contributed by atoms with E-state index in [1.54, 1.807) is 17.2 Å². The molecule has 4 heterocycles. The molecule has 0 N–H and O–H groups in total. The molecule has 0 atom stereocenters. The van der Waals surface area contributed by atoms with Gasteiger partial charge in [0.1, 0.15) is 18.0 Å². The van der Waals surface area contributed by atoms with Crippen LogP contribution in [0.4, 0.5) is 15.9 Å². The maximum absolute atomic E-state index is 13.4. The summed E-state index contributed by atoms with van der Waals surface area (Å²) in [5, 5.41) is 5.28. The van der Waals surface area contributed by atoms with Crippen molar-refractivity contribution in [2.45, 2.75) is 18.9 Å². The first kappa shape index (κ1) is 15.2. The predicted molar refractivity (Wildman–Crippen MR) is 94.6 cm³/mol. The van der Waals surface area contributed by atoms with Crippen molar-refractivity contribution < 1.29 is 9.18 Å². The van der Waals surface area contributed by atoms with Crippen LogP contribution in [0.1, 0.15) is 18.9 Å². The number of benzene rings is 1. The van der Waals surface area contributed by atoms with Crippen molar-refractivity contribution in [2.24, 2.45) is 0 Å². The van der Waals surface area contributed by atoms with Crippen LogP contribution in [0.25, 0.3) is 10.9 Å². The first-order valence-corrected chi connectivity index (χ1v) is 8.69. The van der Waals surface area contributed by atoms with Crippen molar-refractivity contribution in [1.29, 1.82) is 0 Å². The monoisotopic (exact) mass is 352 g/mol. The molecule has 2 saturated heterocycles. The Morgan fingerprint density at radius 1 is 1.19 bits per heavy atom. The molecule has 0 spiro atoms. The zero-order valence-corrected chi connectivity index (χ0v) is 14.0. The molecule has 1 amide bonds. The van der Waals surface area contributed by atoms with E-state index in [2.05, 4.69) is 20.0 Å². The molecular weight excluding hydrogens is 335 g/mol. The lowest BCUT2D eigenvalue weighted by molar-refractivity contribution is -0.117. The van der Waals surface area contributed by atoms with Crippen LogP contribution in [-0.4, -0.2) is 45.3 Å². The van der Waals surface area contributed by atoms with Crippen LogP contribution < -0.4 is 9.80 Å². The second kappa shape index (κ2) is 5.76. The number of carbonyl (C=O) groups excluding carboxylic acids is 1. The number of hydrogen-bond donors (Lipinski definition) is 0. The van der Waals surface area contributed by atoms with Gasteiger partial charge in [0.05, 0.1) is 23.4 Å². The topological polar surface area (TPSA) is 67.2 Å². The molecule has 0 saturated carbocycles. The second-order valence-electron chi connectivity index (χ2n) is 6.75. The minimum Gasteiger partial charge on any atom is -0.352 e. The summed E-state index contributed by atoms with van der Waals surface area (Å²) in [6.45, 7) is 2.29. The van der Waals surface area contributed by atoms with E-state index in [9.17, 15) is 9.18 Å². The zero-order valence-electron chi connectivity index (χ0n) is 14.0. The van der Waals surface area contributed by atoms with Crippen molar-refractivity contribution in [3.8, 4) is 0 Å². The third-order valence-electron chi connectivity index (χ3n) is 5.09. The number of rotatable bonds is 3. The normalized spacial score (nSPS) is 18.0. The Labute approximate surface area is 149 Å². The van der Waals surface area contributed by atoms with E-state index in [0.29, 0.717) is 11.9 Å². The number of carbonyl (C=O) groups is 1. The van der Waals surface area contributed by atoms with Gasteiger partial charge in [-0.2, -0.15) is 5.10 Å². The van der Waals surface area contributed by atoms with Gasteiger partial charge in [0.2, 0.25) is 5.91 Å². The summed E-state index contributed by atoms with van der Waals surface area (Å²) >= 11 is 0. The Bertz CT molecular complexity index is 996. The maximum atomic E-state index is 13.4. The lowest BCUT2D eigenvalue weighted by Gasteiger charge is -2.40. The molecule has 0 unspecified atom stereocenters. The quantitative estimate of drug-likeness (QED) is 0.723. The Morgan fingerprint density at radius 2 is 2.08 bits per heavy atom. The van der Waals surface area contributed by atoms with Crippen LogP contribution in [0, 0.1) is 5.82 Å². The minimum atomic E-state index is -0.302. The van der Waals surface area contributed by atoms with Crippen molar-refractivity contribution >= 4 is 28.3 Å². The Kier molecular flexibility index (Phi) is 3.37. The van der Waals surface area contributed by atoms with Crippen LogP contribution in [-0.2, 0) is 4.79 Å². The summed E-state index contributed by atoms with van der Waals surface area (Å²) in [7, 11) is 0. The van der Waals surface area contributed by atoms with E-state index in [0.717, 1.165) is 42.9 Å². The molecule has 1 aromatic carbocycles. The maximum Gasteiger partial charge on any atom is 0.227 e. The number of hydrogen-bond acceptors (Lipinski definition) is 5. The molecule has 2 fully saturated rings. The molecule has 5 rings (SSSR count). The first-order valence-electron chi connectivity index (χ1n) is 8.69. The number of nitrogens with zero attached hydrogens (tertiary/aromatic N) is 6. The van der Waals surface area contributed by atoms with E-state index in [1.807, 2.05) is 10.9 Å². The number of fused-ring (bicyclic) bond motifs is 1. The third-order valence-corrected chi connectivity index (χ3v) is 5.09. The number of halogens is 1. The predicted octanol–water partition coefficient (Wildman–Crippen LogP) is 2.15. The van der Waals surface area contributed by atoms with Crippen molar-refractivity contribution in [3.05, 3.63) is 42.7 Å². The van der Waals surface area contributed by atoms with Crippen LogP contribution in [0.5, 0.6) is 0 Å². The molecule has 0 radical (unpaired) electrons. The lowest BCUT2D eigenvalue weighted by Crippen LogP contribution is -2.48. The molecule has 0 aliphatic carbocycles. The molecule has 132 valence electrons. The summed E-state index contributed by atoms with van der Waals surface area (Å²) in [6, 6.07) is 4.80. The van der Waals surface area contributed by atoms with Gasteiger partial charge in [-0.25, -0.2) is 14.4 Å². The molecule has 7 nitrogen and oxygen atoms in total. The zero-order chi connectivity index (χ0) is 17.7. The Balaban J connectivity index is 1.34. The summed E-state index contributed by atoms with van der Waals surface area (Å²) in [6.07, 6.45) is 6.69. The molecule has 2 aromatic heterocycles. The van der Waals surface area contributed by atoms with Gasteiger partial charge in [-0.1, -0.05) is 0 Å². The second-order valence-corrected chi connectivity index (χ2v) is 6.75. The fourth-order valence-corrected chi connectivity index (χ4v) is 3.65. The fourth-order valence-electron chi connectivity index (χ4n) is 3.65. The summed E-state index contributed by atoms with van der Waals surface area (Å²) < 4.78 is 15.3. The fraction of sp³-hybridized carbons (Fsp3) is 0.333. The highest BCUT2D eigenvalue weighted by Crippen LogP contribution is 2.32. The molecule has 3 aromatic rings. The molecule has 26 heavy (non-hydrogen) atoms. The lowest BCUT2D eigenvalue weighted by atomic mass is 10.1. The Hall–Kier alpha value is -3.03. The largest absolute Gasteiger partial charge is 0.352 e. The molecular formula is C18H17FN6O. The highest BCUT2D eigenvalue weighted by Gasteiger charge is 2.32. The van der Waals surface area contributed by atoms with Crippen molar-refractivity contribution in [3.63, 3.8) is 0 Å². The van der Waals surface area contributed by atoms with Crippen LogP contribution in [0.2, 0.25) is 0 Å². The van der Waals surface area contributed by atoms with Gasteiger partial charge in [0.25, 0.3) is 0 Å². The SMILES string of the molecule is O=C1CCCN1c1cnn(C2CN(c3ncnc4cc(F)ccc34)C2)c1. The van der Waals surface area contributed by atoms with Gasteiger partial charge in [0, 0.05) is 43.7 Å². The third kappa shape index (κ3) is 2.40. The van der Waals surface area contributed by atoms with E-state index >= 15 is 0 Å².